The van der Waals surface area contributed by atoms with Gasteiger partial charge in [0.05, 0.1) is 0 Å². The molecule has 0 aliphatic heterocycles. The van der Waals surface area contributed by atoms with Crippen LogP contribution in [0, 0.1) is 11.8 Å². The fraction of sp³-hybridized carbons (Fsp3) is 0.750. The number of hydrogen-bond acceptors (Lipinski definition) is 3. The monoisotopic (exact) mass is 257 g/mol. The highest BCUT2D eigenvalue weighted by Crippen LogP contribution is 2.32. The molecule has 3 heteroatoms. The molecule has 2 saturated carbocycles. The van der Waals surface area contributed by atoms with Crippen LogP contribution in [0.1, 0.15) is 49.2 Å². The Kier molecular flexibility index (Phi) is 3.03. The minimum atomic E-state index is 0.797. The summed E-state index contributed by atoms with van der Waals surface area (Å²) in [5.74, 6) is 2.78. The second-order valence-corrected chi connectivity index (χ2v) is 6.70. The van der Waals surface area contributed by atoms with Crippen molar-refractivity contribution in [3.63, 3.8) is 0 Å². The van der Waals surface area contributed by atoms with Crippen molar-refractivity contribution in [2.75, 3.05) is 6.54 Å². The Labute approximate surface area is 115 Å². The van der Waals surface area contributed by atoms with Gasteiger partial charge in [0.2, 0.25) is 0 Å². The molecule has 3 nitrogen and oxygen atoms in total. The van der Waals surface area contributed by atoms with Crippen molar-refractivity contribution in [2.45, 2.75) is 57.4 Å². The van der Waals surface area contributed by atoms with Crippen LogP contribution in [-0.4, -0.2) is 22.6 Å². The van der Waals surface area contributed by atoms with E-state index in [4.69, 9.17) is 4.98 Å². The second-order valence-electron chi connectivity index (χ2n) is 6.70. The van der Waals surface area contributed by atoms with E-state index in [9.17, 15) is 0 Å². The summed E-state index contributed by atoms with van der Waals surface area (Å²) in [7, 11) is 0. The summed E-state index contributed by atoms with van der Waals surface area (Å²) in [4.78, 5) is 9.39. The summed E-state index contributed by atoms with van der Waals surface area (Å²) in [6, 6.07) is 0.832. The summed E-state index contributed by atoms with van der Waals surface area (Å²) in [6.45, 7) is 1.19. The van der Waals surface area contributed by atoms with Crippen LogP contribution in [0.4, 0.5) is 0 Å². The third kappa shape index (κ3) is 2.97. The van der Waals surface area contributed by atoms with Crippen LogP contribution >= 0.6 is 0 Å². The van der Waals surface area contributed by atoms with Gasteiger partial charge in [0.15, 0.2) is 0 Å². The van der Waals surface area contributed by atoms with Gasteiger partial charge in [0.1, 0.15) is 5.82 Å². The lowest BCUT2D eigenvalue weighted by molar-refractivity contribution is 0.417. The van der Waals surface area contributed by atoms with E-state index in [0.29, 0.717) is 0 Å². The summed E-state index contributed by atoms with van der Waals surface area (Å²) < 4.78 is 0. The first kappa shape index (κ1) is 11.8. The predicted octanol–water partition coefficient (Wildman–Crippen LogP) is 2.29. The Morgan fingerprint density at radius 2 is 2.00 bits per heavy atom. The fourth-order valence-electron chi connectivity index (χ4n) is 3.10. The molecule has 0 spiro atoms. The highest BCUT2D eigenvalue weighted by Gasteiger charge is 2.26. The Bertz CT molecular complexity index is 463. The van der Waals surface area contributed by atoms with Crippen LogP contribution in [0.2, 0.25) is 0 Å². The van der Waals surface area contributed by atoms with Crippen molar-refractivity contribution in [3.05, 3.63) is 23.3 Å². The minimum Gasteiger partial charge on any atom is -0.314 e. The Morgan fingerprint density at radius 3 is 2.79 bits per heavy atom. The molecular weight excluding hydrogens is 234 g/mol. The molecule has 3 aliphatic rings. The third-order valence-electron chi connectivity index (χ3n) is 4.74. The van der Waals surface area contributed by atoms with Crippen LogP contribution in [-0.2, 0) is 19.3 Å². The van der Waals surface area contributed by atoms with Crippen LogP contribution < -0.4 is 5.32 Å². The third-order valence-corrected chi connectivity index (χ3v) is 4.74. The molecule has 1 N–H and O–H groups in total. The van der Waals surface area contributed by atoms with Crippen molar-refractivity contribution < 1.29 is 0 Å². The minimum absolute atomic E-state index is 0.797. The standard InChI is InChI=1S/C16H23N3/c1-2-11(1)8-16-18-10-13-7-12(3-6-15(13)19-16)9-17-14-4-5-14/h10-12,14,17H,1-9H2. The van der Waals surface area contributed by atoms with Gasteiger partial charge in [-0.25, -0.2) is 9.97 Å². The average Bonchev–Trinajstić information content (AvgIpc) is 3.31. The lowest BCUT2D eigenvalue weighted by Crippen LogP contribution is -2.29. The van der Waals surface area contributed by atoms with Gasteiger partial charge in [-0.1, -0.05) is 0 Å². The molecule has 0 aromatic carbocycles. The molecule has 0 saturated heterocycles. The quantitative estimate of drug-likeness (QED) is 0.879. The van der Waals surface area contributed by atoms with E-state index >= 15 is 0 Å². The molecular formula is C16H23N3. The number of rotatable bonds is 5. The molecule has 1 aromatic rings. The maximum absolute atomic E-state index is 4.80. The predicted molar refractivity (Wildman–Crippen MR) is 75.0 cm³/mol. The van der Waals surface area contributed by atoms with E-state index in [1.165, 1.54) is 56.3 Å². The molecule has 2 fully saturated rings. The first-order valence-corrected chi connectivity index (χ1v) is 7.94. The van der Waals surface area contributed by atoms with Crippen molar-refractivity contribution in [2.24, 2.45) is 11.8 Å². The van der Waals surface area contributed by atoms with Gasteiger partial charge in [-0.15, -0.1) is 0 Å². The largest absolute Gasteiger partial charge is 0.314 e. The van der Waals surface area contributed by atoms with E-state index in [-0.39, 0.29) is 0 Å². The number of hydrogen-bond donors (Lipinski definition) is 1. The van der Waals surface area contributed by atoms with Gasteiger partial charge in [0, 0.05) is 24.4 Å². The van der Waals surface area contributed by atoms with Crippen LogP contribution in [0.5, 0.6) is 0 Å². The van der Waals surface area contributed by atoms with Crippen molar-refractivity contribution in [1.29, 1.82) is 0 Å². The number of nitrogens with zero attached hydrogens (tertiary/aromatic N) is 2. The lowest BCUT2D eigenvalue weighted by atomic mass is 9.87. The lowest BCUT2D eigenvalue weighted by Gasteiger charge is -2.24. The van der Waals surface area contributed by atoms with Gasteiger partial charge in [-0.2, -0.15) is 0 Å². The van der Waals surface area contributed by atoms with E-state index in [2.05, 4.69) is 16.5 Å². The zero-order valence-electron chi connectivity index (χ0n) is 11.6. The summed E-state index contributed by atoms with van der Waals surface area (Å²) in [5.41, 5.74) is 2.75. The summed E-state index contributed by atoms with van der Waals surface area (Å²) in [6.07, 6.45) is 12.4. The Balaban J connectivity index is 1.39. The Morgan fingerprint density at radius 1 is 1.11 bits per heavy atom. The van der Waals surface area contributed by atoms with Gasteiger partial charge >= 0.3 is 0 Å². The number of nitrogens with one attached hydrogen (secondary N) is 1. The highest BCUT2D eigenvalue weighted by atomic mass is 14.9. The highest BCUT2D eigenvalue weighted by molar-refractivity contribution is 5.21. The van der Waals surface area contributed by atoms with Crippen molar-refractivity contribution in [3.8, 4) is 0 Å². The topological polar surface area (TPSA) is 37.8 Å². The van der Waals surface area contributed by atoms with E-state index < -0.39 is 0 Å². The Hall–Kier alpha value is -0.960. The van der Waals surface area contributed by atoms with E-state index in [1.54, 1.807) is 0 Å². The molecule has 3 aliphatic carbocycles. The molecule has 0 radical (unpaired) electrons. The number of aryl methyl sites for hydroxylation is 1. The molecule has 0 amide bonds. The maximum Gasteiger partial charge on any atom is 0.128 e. The first-order valence-electron chi connectivity index (χ1n) is 7.94. The molecule has 0 bridgehead atoms. The van der Waals surface area contributed by atoms with Gasteiger partial charge in [-0.05, 0) is 68.9 Å². The zero-order chi connectivity index (χ0) is 12.7. The van der Waals surface area contributed by atoms with Crippen molar-refractivity contribution >= 4 is 0 Å². The molecule has 102 valence electrons. The van der Waals surface area contributed by atoms with Gasteiger partial charge < -0.3 is 5.32 Å². The second kappa shape index (κ2) is 4.86. The SMILES string of the molecule is c1nc(CC2CC2)nc2c1CC(CNC1CC1)CC2. The summed E-state index contributed by atoms with van der Waals surface area (Å²) >= 11 is 0. The molecule has 19 heavy (non-hydrogen) atoms. The fourth-order valence-corrected chi connectivity index (χ4v) is 3.10. The van der Waals surface area contributed by atoms with Crippen molar-refractivity contribution in [1.82, 2.24) is 15.3 Å². The average molecular weight is 257 g/mol. The zero-order valence-corrected chi connectivity index (χ0v) is 11.6. The van der Waals surface area contributed by atoms with Crippen LogP contribution in [0.15, 0.2) is 6.20 Å². The smallest absolute Gasteiger partial charge is 0.128 e. The van der Waals surface area contributed by atoms with Gasteiger partial charge in [0.25, 0.3) is 0 Å². The first-order chi connectivity index (χ1) is 9.37. The van der Waals surface area contributed by atoms with Crippen LogP contribution in [0.3, 0.4) is 0 Å². The molecule has 4 rings (SSSR count). The number of fused-ring (bicyclic) bond motifs is 1. The molecule has 1 aromatic heterocycles. The van der Waals surface area contributed by atoms with Gasteiger partial charge in [-0.3, -0.25) is 0 Å². The maximum atomic E-state index is 4.80. The normalized spacial score (nSPS) is 26.2. The number of aromatic nitrogens is 2. The van der Waals surface area contributed by atoms with E-state index in [0.717, 1.165) is 36.5 Å². The van der Waals surface area contributed by atoms with Crippen LogP contribution in [0.25, 0.3) is 0 Å². The van der Waals surface area contributed by atoms with E-state index in [1.807, 2.05) is 0 Å². The molecule has 1 atom stereocenters. The molecule has 1 unspecified atom stereocenters. The molecule has 1 heterocycles. The summed E-state index contributed by atoms with van der Waals surface area (Å²) in [5, 5.41) is 3.66.